The molecule has 0 aliphatic carbocycles. The molecule has 1 atom stereocenters. The van der Waals surface area contributed by atoms with E-state index in [0.29, 0.717) is 29.4 Å². The van der Waals surface area contributed by atoms with E-state index in [-0.39, 0.29) is 24.0 Å². The van der Waals surface area contributed by atoms with Gasteiger partial charge in [0.15, 0.2) is 0 Å². The number of aryl methyl sites for hydroxylation is 1. The molecule has 1 aliphatic heterocycles. The maximum atomic E-state index is 13.2. The van der Waals surface area contributed by atoms with Crippen LogP contribution in [-0.2, 0) is 16.1 Å². The van der Waals surface area contributed by atoms with E-state index in [1.165, 1.54) is 11.2 Å². The first-order valence-electron chi connectivity index (χ1n) is 11.6. The summed E-state index contributed by atoms with van der Waals surface area (Å²) in [6, 6.07) is 15.0. The first-order chi connectivity index (χ1) is 16.8. The zero-order valence-corrected chi connectivity index (χ0v) is 20.3. The molecule has 182 valence electrons. The van der Waals surface area contributed by atoms with Crippen molar-refractivity contribution in [2.45, 2.75) is 46.4 Å². The van der Waals surface area contributed by atoms with Crippen LogP contribution < -0.4 is 9.47 Å². The van der Waals surface area contributed by atoms with Crippen molar-refractivity contribution in [1.82, 2.24) is 4.90 Å². The van der Waals surface area contributed by atoms with Crippen LogP contribution in [0.15, 0.2) is 70.9 Å². The lowest BCUT2D eigenvalue weighted by Crippen LogP contribution is -2.29. The van der Waals surface area contributed by atoms with Gasteiger partial charge >= 0.3 is 0 Å². The van der Waals surface area contributed by atoms with E-state index in [1.54, 1.807) is 30.3 Å². The molecule has 2 heterocycles. The minimum Gasteiger partial charge on any atom is -0.507 e. The molecule has 0 bridgehead atoms. The van der Waals surface area contributed by atoms with Crippen LogP contribution in [-0.4, -0.2) is 34.4 Å². The van der Waals surface area contributed by atoms with E-state index < -0.39 is 17.7 Å². The molecule has 1 amide bonds. The Hall–Kier alpha value is -4.00. The van der Waals surface area contributed by atoms with Crippen molar-refractivity contribution in [2.75, 3.05) is 6.61 Å². The van der Waals surface area contributed by atoms with Crippen molar-refractivity contribution in [3.8, 4) is 11.5 Å². The topological polar surface area (TPSA) is 89.2 Å². The van der Waals surface area contributed by atoms with E-state index in [4.69, 9.17) is 13.9 Å². The summed E-state index contributed by atoms with van der Waals surface area (Å²) in [7, 11) is 0. The molecule has 7 nitrogen and oxygen atoms in total. The summed E-state index contributed by atoms with van der Waals surface area (Å²) in [5.74, 6) is 0.0399. The Morgan fingerprint density at radius 2 is 1.91 bits per heavy atom. The zero-order valence-electron chi connectivity index (χ0n) is 20.3. The van der Waals surface area contributed by atoms with Crippen molar-refractivity contribution in [1.29, 1.82) is 0 Å². The maximum Gasteiger partial charge on any atom is 0.296 e. The molecular formula is C28H29NO6. The molecular weight excluding hydrogens is 446 g/mol. The highest BCUT2D eigenvalue weighted by atomic mass is 16.5. The van der Waals surface area contributed by atoms with Gasteiger partial charge in [-0.3, -0.25) is 9.59 Å². The van der Waals surface area contributed by atoms with Gasteiger partial charge in [0, 0.05) is 12.1 Å². The highest BCUT2D eigenvalue weighted by Gasteiger charge is 2.47. The van der Waals surface area contributed by atoms with Gasteiger partial charge in [-0.15, -0.1) is 0 Å². The lowest BCUT2D eigenvalue weighted by molar-refractivity contribution is -0.140. The number of rotatable bonds is 8. The van der Waals surface area contributed by atoms with Crippen LogP contribution in [0.25, 0.3) is 5.76 Å². The number of furan rings is 1. The quantitative estimate of drug-likeness (QED) is 0.267. The number of nitrogens with zero attached hydrogens (tertiary/aromatic N) is 1. The fraction of sp³-hybridized carbons (Fsp3) is 0.286. The molecule has 2 aromatic carbocycles. The van der Waals surface area contributed by atoms with Gasteiger partial charge in [0.2, 0.25) is 0 Å². The molecule has 0 radical (unpaired) electrons. The first-order valence-corrected chi connectivity index (χ1v) is 11.6. The standard InChI is InChI=1S/C28H29NO6/c1-5-33-21-9-6-8-19(15-21)16-29-25(23-10-7-13-34-23)24(27(31)28(29)32)26(30)20-11-12-22(18(4)14-20)35-17(2)3/h6-15,17,25,30H,5,16H2,1-4H3/b26-24-. The van der Waals surface area contributed by atoms with Crippen LogP contribution in [0, 0.1) is 6.92 Å². The third kappa shape index (κ3) is 4.94. The summed E-state index contributed by atoms with van der Waals surface area (Å²) < 4.78 is 17.0. The predicted octanol–water partition coefficient (Wildman–Crippen LogP) is 5.40. The number of carbonyl (C=O) groups is 2. The van der Waals surface area contributed by atoms with Crippen molar-refractivity contribution in [2.24, 2.45) is 0 Å². The van der Waals surface area contributed by atoms with E-state index in [9.17, 15) is 14.7 Å². The molecule has 1 aliphatic rings. The van der Waals surface area contributed by atoms with Crippen LogP contribution >= 0.6 is 0 Å². The number of carbonyl (C=O) groups excluding carboxylic acids is 2. The first kappa shape index (κ1) is 24.1. The van der Waals surface area contributed by atoms with E-state index in [0.717, 1.165) is 11.1 Å². The van der Waals surface area contributed by atoms with Crippen molar-refractivity contribution < 1.29 is 28.6 Å². The van der Waals surface area contributed by atoms with Gasteiger partial charge in [0.25, 0.3) is 11.7 Å². The van der Waals surface area contributed by atoms with Crippen LogP contribution in [0.2, 0.25) is 0 Å². The number of aliphatic hydroxyl groups excluding tert-OH is 1. The monoisotopic (exact) mass is 475 g/mol. The van der Waals surface area contributed by atoms with E-state index >= 15 is 0 Å². The molecule has 35 heavy (non-hydrogen) atoms. The van der Waals surface area contributed by atoms with Crippen LogP contribution in [0.3, 0.4) is 0 Å². The summed E-state index contributed by atoms with van der Waals surface area (Å²) in [5, 5.41) is 11.3. The Morgan fingerprint density at radius 1 is 1.11 bits per heavy atom. The highest BCUT2D eigenvalue weighted by Crippen LogP contribution is 2.41. The van der Waals surface area contributed by atoms with Crippen LogP contribution in [0.4, 0.5) is 0 Å². The number of likely N-dealkylation sites (tertiary alicyclic amines) is 1. The predicted molar refractivity (Wildman–Crippen MR) is 131 cm³/mol. The third-order valence-corrected chi connectivity index (χ3v) is 5.73. The average molecular weight is 476 g/mol. The van der Waals surface area contributed by atoms with Gasteiger partial charge in [-0.1, -0.05) is 12.1 Å². The molecule has 0 spiro atoms. The second-order valence-electron chi connectivity index (χ2n) is 8.67. The fourth-order valence-corrected chi connectivity index (χ4v) is 4.22. The third-order valence-electron chi connectivity index (χ3n) is 5.73. The van der Waals surface area contributed by atoms with E-state index in [1.807, 2.05) is 52.0 Å². The number of ether oxygens (including phenoxy) is 2. The van der Waals surface area contributed by atoms with E-state index in [2.05, 4.69) is 0 Å². The number of ketones is 1. The summed E-state index contributed by atoms with van der Waals surface area (Å²) in [6.07, 6.45) is 1.48. The molecule has 4 rings (SSSR count). The summed E-state index contributed by atoms with van der Waals surface area (Å²) in [6.45, 7) is 8.28. The Balaban J connectivity index is 1.76. The lowest BCUT2D eigenvalue weighted by Gasteiger charge is -2.23. The largest absolute Gasteiger partial charge is 0.507 e. The summed E-state index contributed by atoms with van der Waals surface area (Å²) in [4.78, 5) is 27.8. The van der Waals surface area contributed by atoms with Gasteiger partial charge < -0.3 is 23.9 Å². The molecule has 1 unspecified atom stereocenters. The minimum absolute atomic E-state index is 0.00125. The van der Waals surface area contributed by atoms with Crippen molar-refractivity contribution >= 4 is 17.4 Å². The second-order valence-corrected chi connectivity index (χ2v) is 8.67. The molecule has 1 N–H and O–H groups in total. The Bertz CT molecular complexity index is 1260. The second kappa shape index (κ2) is 10.1. The van der Waals surface area contributed by atoms with Gasteiger partial charge in [0.1, 0.15) is 29.1 Å². The summed E-state index contributed by atoms with van der Waals surface area (Å²) in [5.41, 5.74) is 2.01. The fourth-order valence-electron chi connectivity index (χ4n) is 4.22. The van der Waals surface area contributed by atoms with Crippen LogP contribution in [0.1, 0.15) is 49.3 Å². The lowest BCUT2D eigenvalue weighted by atomic mass is 9.98. The Labute approximate surface area is 204 Å². The molecule has 1 aromatic heterocycles. The molecule has 0 saturated carbocycles. The zero-order chi connectivity index (χ0) is 25.1. The van der Waals surface area contributed by atoms with Crippen molar-refractivity contribution in [3.63, 3.8) is 0 Å². The van der Waals surface area contributed by atoms with Gasteiger partial charge in [-0.25, -0.2) is 0 Å². The number of Topliss-reactive ketones (excluding diaryl/α,β-unsaturated/α-hetero) is 1. The van der Waals surface area contributed by atoms with Gasteiger partial charge in [-0.05, 0) is 81.3 Å². The molecule has 1 saturated heterocycles. The number of benzene rings is 2. The maximum absolute atomic E-state index is 13.2. The SMILES string of the molecule is CCOc1cccc(CN2C(=O)C(=O)/C(=C(\O)c3ccc(OC(C)C)c(C)c3)C2c2ccco2)c1. The number of aliphatic hydroxyl groups is 1. The van der Waals surface area contributed by atoms with Gasteiger partial charge in [0.05, 0.1) is 24.5 Å². The Morgan fingerprint density at radius 3 is 2.57 bits per heavy atom. The highest BCUT2D eigenvalue weighted by molar-refractivity contribution is 6.46. The summed E-state index contributed by atoms with van der Waals surface area (Å²) >= 11 is 0. The van der Waals surface area contributed by atoms with Crippen LogP contribution in [0.5, 0.6) is 11.5 Å². The number of hydrogen-bond acceptors (Lipinski definition) is 6. The minimum atomic E-state index is -0.868. The number of hydrogen-bond donors (Lipinski definition) is 1. The average Bonchev–Trinajstić information content (AvgIpc) is 3.43. The number of amides is 1. The smallest absolute Gasteiger partial charge is 0.296 e. The van der Waals surface area contributed by atoms with Gasteiger partial charge in [-0.2, -0.15) is 0 Å². The normalized spacial score (nSPS) is 17.3. The molecule has 3 aromatic rings. The van der Waals surface area contributed by atoms with Crippen molar-refractivity contribution in [3.05, 3.63) is 88.9 Å². The molecule has 1 fully saturated rings. The molecule has 7 heteroatoms. The Kier molecular flexibility index (Phi) is 6.96.